The van der Waals surface area contributed by atoms with E-state index >= 15 is 0 Å². The number of fused-ring (bicyclic) bond motifs is 1. The van der Waals surface area contributed by atoms with Gasteiger partial charge in [-0.3, -0.25) is 9.80 Å². The van der Waals surface area contributed by atoms with Crippen LogP contribution in [-0.2, 0) is 5.60 Å². The number of β-amino-alcohol motifs (C(OH)–C–C–N with tert-alkyl or cyclic N) is 1. The molecule has 2 aliphatic rings. The topological polar surface area (TPSA) is 52.7 Å². The van der Waals surface area contributed by atoms with Gasteiger partial charge < -0.3 is 10.8 Å². The quantitative estimate of drug-likeness (QED) is 0.845. The van der Waals surface area contributed by atoms with Crippen LogP contribution in [0, 0.1) is 0 Å². The summed E-state index contributed by atoms with van der Waals surface area (Å²) in [5, 5.41) is 10.9. The summed E-state index contributed by atoms with van der Waals surface area (Å²) in [4.78, 5) is 4.97. The van der Waals surface area contributed by atoms with E-state index in [1.807, 2.05) is 30.3 Å². The number of hydrogen-bond donors (Lipinski definition) is 2. The molecule has 110 valence electrons. The fourth-order valence-electron chi connectivity index (χ4n) is 3.59. The minimum absolute atomic E-state index is 0.266. The minimum atomic E-state index is -0.929. The first kappa shape index (κ1) is 14.0. The van der Waals surface area contributed by atoms with Gasteiger partial charge in [-0.15, -0.1) is 0 Å². The van der Waals surface area contributed by atoms with Crippen LogP contribution in [0.15, 0.2) is 30.3 Å². The second-order valence-corrected chi connectivity index (χ2v) is 6.17. The van der Waals surface area contributed by atoms with Gasteiger partial charge in [-0.25, -0.2) is 0 Å². The van der Waals surface area contributed by atoms with Crippen molar-refractivity contribution in [2.24, 2.45) is 5.73 Å². The third kappa shape index (κ3) is 2.74. The molecule has 1 aromatic carbocycles. The molecule has 0 spiro atoms. The minimum Gasteiger partial charge on any atom is -0.382 e. The normalized spacial score (nSPS) is 27.2. The van der Waals surface area contributed by atoms with Crippen LogP contribution in [-0.4, -0.2) is 60.2 Å². The van der Waals surface area contributed by atoms with Crippen molar-refractivity contribution in [3.8, 4) is 0 Å². The molecule has 0 bridgehead atoms. The molecule has 0 aliphatic carbocycles. The molecule has 2 unspecified atom stereocenters. The van der Waals surface area contributed by atoms with Crippen molar-refractivity contribution in [3.63, 3.8) is 0 Å². The van der Waals surface area contributed by atoms with E-state index in [0.717, 1.165) is 25.2 Å². The number of hydrogen-bond acceptors (Lipinski definition) is 4. The molecule has 0 radical (unpaired) electrons. The monoisotopic (exact) mass is 275 g/mol. The molecule has 0 amide bonds. The highest BCUT2D eigenvalue weighted by Gasteiger charge is 2.35. The lowest BCUT2D eigenvalue weighted by atomic mass is 9.92. The highest BCUT2D eigenvalue weighted by Crippen LogP contribution is 2.26. The van der Waals surface area contributed by atoms with Crippen LogP contribution in [0.5, 0.6) is 0 Å². The molecule has 0 aromatic heterocycles. The van der Waals surface area contributed by atoms with Crippen LogP contribution in [0.2, 0.25) is 0 Å². The van der Waals surface area contributed by atoms with Crippen LogP contribution in [0.25, 0.3) is 0 Å². The van der Waals surface area contributed by atoms with Crippen LogP contribution in [0.4, 0.5) is 0 Å². The fourth-order valence-corrected chi connectivity index (χ4v) is 3.59. The van der Waals surface area contributed by atoms with Crippen molar-refractivity contribution in [1.29, 1.82) is 0 Å². The molecule has 2 aliphatic heterocycles. The molecule has 2 heterocycles. The second-order valence-electron chi connectivity index (χ2n) is 6.17. The zero-order valence-corrected chi connectivity index (χ0v) is 12.0. The molecule has 1 aromatic rings. The molecule has 4 nitrogen and oxygen atoms in total. The van der Waals surface area contributed by atoms with E-state index in [4.69, 9.17) is 5.73 Å². The highest BCUT2D eigenvalue weighted by atomic mass is 16.3. The Morgan fingerprint density at radius 2 is 2.00 bits per heavy atom. The van der Waals surface area contributed by atoms with Crippen molar-refractivity contribution in [2.75, 3.05) is 39.3 Å². The fraction of sp³-hybridized carbons (Fsp3) is 0.625. The van der Waals surface area contributed by atoms with Gasteiger partial charge in [0.1, 0.15) is 5.60 Å². The summed E-state index contributed by atoms with van der Waals surface area (Å²) in [6.45, 7) is 5.37. The summed E-state index contributed by atoms with van der Waals surface area (Å²) < 4.78 is 0. The summed E-state index contributed by atoms with van der Waals surface area (Å²) >= 11 is 0. The molecular weight excluding hydrogens is 250 g/mol. The zero-order valence-electron chi connectivity index (χ0n) is 12.0. The van der Waals surface area contributed by atoms with Gasteiger partial charge in [-0.05, 0) is 24.9 Å². The van der Waals surface area contributed by atoms with Gasteiger partial charge in [0, 0.05) is 38.8 Å². The maximum absolute atomic E-state index is 10.9. The first-order valence-corrected chi connectivity index (χ1v) is 7.66. The lowest BCUT2D eigenvalue weighted by Crippen LogP contribution is -2.55. The lowest BCUT2D eigenvalue weighted by molar-refractivity contribution is -0.0136. The third-order valence-corrected chi connectivity index (χ3v) is 4.81. The Kier molecular flexibility index (Phi) is 4.08. The Morgan fingerprint density at radius 3 is 2.75 bits per heavy atom. The van der Waals surface area contributed by atoms with E-state index < -0.39 is 5.60 Å². The smallest absolute Gasteiger partial charge is 0.114 e. The van der Waals surface area contributed by atoms with Crippen molar-refractivity contribution in [1.82, 2.24) is 9.80 Å². The Labute approximate surface area is 121 Å². The van der Waals surface area contributed by atoms with E-state index in [1.165, 1.54) is 19.4 Å². The van der Waals surface area contributed by atoms with Crippen molar-refractivity contribution >= 4 is 0 Å². The molecule has 0 saturated carbocycles. The summed E-state index contributed by atoms with van der Waals surface area (Å²) in [5.41, 5.74) is 5.87. The first-order chi connectivity index (χ1) is 9.71. The average molecular weight is 275 g/mol. The first-order valence-electron chi connectivity index (χ1n) is 7.66. The summed E-state index contributed by atoms with van der Waals surface area (Å²) in [7, 11) is 0. The van der Waals surface area contributed by atoms with Crippen LogP contribution in [0.1, 0.15) is 18.4 Å². The molecule has 3 rings (SSSR count). The van der Waals surface area contributed by atoms with E-state index in [1.54, 1.807) is 0 Å². The molecule has 2 fully saturated rings. The van der Waals surface area contributed by atoms with Crippen LogP contribution < -0.4 is 5.73 Å². The van der Waals surface area contributed by atoms with Gasteiger partial charge >= 0.3 is 0 Å². The van der Waals surface area contributed by atoms with Crippen molar-refractivity contribution in [3.05, 3.63) is 35.9 Å². The van der Waals surface area contributed by atoms with Gasteiger partial charge in [-0.1, -0.05) is 30.3 Å². The molecule has 2 atom stereocenters. The third-order valence-electron chi connectivity index (χ3n) is 4.81. The lowest BCUT2D eigenvalue weighted by Gasteiger charge is -2.41. The van der Waals surface area contributed by atoms with Gasteiger partial charge in [0.25, 0.3) is 0 Å². The highest BCUT2D eigenvalue weighted by molar-refractivity contribution is 5.23. The Morgan fingerprint density at radius 1 is 1.20 bits per heavy atom. The largest absolute Gasteiger partial charge is 0.382 e. The number of rotatable bonds is 4. The van der Waals surface area contributed by atoms with E-state index in [0.29, 0.717) is 12.6 Å². The van der Waals surface area contributed by atoms with Crippen LogP contribution >= 0.6 is 0 Å². The maximum Gasteiger partial charge on any atom is 0.114 e. The molecular formula is C16H25N3O. The number of nitrogens with two attached hydrogens (primary N) is 1. The van der Waals surface area contributed by atoms with Gasteiger partial charge in [0.2, 0.25) is 0 Å². The molecule has 2 saturated heterocycles. The second kappa shape index (κ2) is 5.82. The molecule has 20 heavy (non-hydrogen) atoms. The van der Waals surface area contributed by atoms with E-state index in [-0.39, 0.29) is 6.54 Å². The van der Waals surface area contributed by atoms with Gasteiger partial charge in [0.15, 0.2) is 0 Å². The SMILES string of the molecule is NCC(O)(CN1CCN2CCCC2C1)c1ccccc1. The number of benzene rings is 1. The summed E-state index contributed by atoms with van der Waals surface area (Å²) in [6.07, 6.45) is 2.61. The van der Waals surface area contributed by atoms with E-state index in [9.17, 15) is 5.11 Å². The standard InChI is InChI=1S/C16H25N3O/c17-12-16(20,14-5-2-1-3-6-14)13-18-9-10-19-8-4-7-15(19)11-18/h1-3,5-6,15,20H,4,7-13,17H2. The Balaban J connectivity index is 1.69. The number of nitrogens with zero attached hydrogens (tertiary/aromatic N) is 2. The summed E-state index contributed by atoms with van der Waals surface area (Å²) in [5.74, 6) is 0. The van der Waals surface area contributed by atoms with Crippen molar-refractivity contribution in [2.45, 2.75) is 24.5 Å². The Hall–Kier alpha value is -0.940. The van der Waals surface area contributed by atoms with E-state index in [2.05, 4.69) is 9.80 Å². The van der Waals surface area contributed by atoms with Gasteiger partial charge in [-0.2, -0.15) is 0 Å². The Bertz CT molecular complexity index is 439. The molecule has 4 heteroatoms. The average Bonchev–Trinajstić information content (AvgIpc) is 2.95. The van der Waals surface area contributed by atoms with Gasteiger partial charge in [0.05, 0.1) is 0 Å². The predicted octanol–water partition coefficient (Wildman–Crippen LogP) is 0.613. The number of piperazine rings is 1. The predicted molar refractivity (Wildman–Crippen MR) is 80.4 cm³/mol. The maximum atomic E-state index is 10.9. The molecule has 3 N–H and O–H groups in total. The zero-order chi connectivity index (χ0) is 14.0. The summed E-state index contributed by atoms with van der Waals surface area (Å²) in [6, 6.07) is 10.5. The van der Waals surface area contributed by atoms with Crippen LogP contribution in [0.3, 0.4) is 0 Å². The number of aliphatic hydroxyl groups is 1. The van der Waals surface area contributed by atoms with Crippen molar-refractivity contribution < 1.29 is 5.11 Å².